The number of nitrogens with zero attached hydrogens (tertiary/aromatic N) is 2. The van der Waals surface area contributed by atoms with Crippen molar-refractivity contribution in [3.05, 3.63) is 46.3 Å². The number of halogens is 1. The van der Waals surface area contributed by atoms with Crippen LogP contribution in [0.5, 0.6) is 0 Å². The molecule has 0 bridgehead atoms. The third-order valence-electron chi connectivity index (χ3n) is 5.23. The molecule has 4 nitrogen and oxygen atoms in total. The Bertz CT molecular complexity index is 985. The summed E-state index contributed by atoms with van der Waals surface area (Å²) in [4.78, 5) is 14.4. The molecule has 0 spiro atoms. The highest BCUT2D eigenvalue weighted by atomic mass is 32.2. The summed E-state index contributed by atoms with van der Waals surface area (Å²) in [5.41, 5.74) is 1.39. The van der Waals surface area contributed by atoms with E-state index < -0.39 is 0 Å². The fourth-order valence-corrected chi connectivity index (χ4v) is 6.19. The summed E-state index contributed by atoms with van der Waals surface area (Å²) in [7, 11) is 0. The minimum atomic E-state index is -0.193. The minimum absolute atomic E-state index is 0.193. The molecule has 1 N–H and O–H groups in total. The monoisotopic (exact) mass is 402 g/mol. The Balaban J connectivity index is 1.56. The van der Waals surface area contributed by atoms with Crippen LogP contribution >= 0.6 is 23.1 Å². The van der Waals surface area contributed by atoms with E-state index in [1.165, 1.54) is 39.6 Å². The molecule has 1 aliphatic carbocycles. The van der Waals surface area contributed by atoms with Crippen LogP contribution in [0.4, 0.5) is 4.39 Å². The third-order valence-corrected chi connectivity index (χ3v) is 7.45. The Labute approximate surface area is 165 Å². The van der Waals surface area contributed by atoms with Crippen LogP contribution < -0.4 is 4.90 Å². The van der Waals surface area contributed by atoms with Crippen molar-refractivity contribution < 1.29 is 14.0 Å². The smallest absolute Gasteiger partial charge is 0.186 e. The molecule has 1 fully saturated rings. The van der Waals surface area contributed by atoms with E-state index in [0.29, 0.717) is 4.90 Å². The van der Waals surface area contributed by atoms with Gasteiger partial charge in [0, 0.05) is 15.2 Å². The topological polar surface area (TPSA) is 39.5 Å². The van der Waals surface area contributed by atoms with Gasteiger partial charge in [0.05, 0.1) is 13.2 Å². The van der Waals surface area contributed by atoms with E-state index in [-0.39, 0.29) is 5.82 Å². The molecule has 140 valence electrons. The van der Waals surface area contributed by atoms with Crippen LogP contribution in [0.25, 0.3) is 10.2 Å². The number of hydrogen-bond acceptors (Lipinski definition) is 5. The van der Waals surface area contributed by atoms with Gasteiger partial charge < -0.3 is 9.64 Å². The zero-order valence-corrected chi connectivity index (χ0v) is 16.6. The average molecular weight is 403 g/mol. The van der Waals surface area contributed by atoms with Gasteiger partial charge in [-0.2, -0.15) is 0 Å². The SMILES string of the molecule is Fc1ccccc1Sc1nc(C[NH+]2CCOCC2)nc2sc3c(c12)CCC3. The number of ether oxygens (including phenoxy) is 1. The van der Waals surface area contributed by atoms with Gasteiger partial charge in [0.25, 0.3) is 0 Å². The van der Waals surface area contributed by atoms with Crippen molar-refractivity contribution in [3.8, 4) is 0 Å². The Morgan fingerprint density at radius 2 is 2.00 bits per heavy atom. The molecule has 0 saturated carbocycles. The number of aryl methyl sites for hydroxylation is 2. The van der Waals surface area contributed by atoms with E-state index in [1.54, 1.807) is 17.4 Å². The van der Waals surface area contributed by atoms with Gasteiger partial charge >= 0.3 is 0 Å². The van der Waals surface area contributed by atoms with Crippen molar-refractivity contribution in [1.29, 1.82) is 0 Å². The van der Waals surface area contributed by atoms with E-state index in [2.05, 4.69) is 0 Å². The van der Waals surface area contributed by atoms with Crippen molar-refractivity contribution in [2.24, 2.45) is 0 Å². The predicted octanol–water partition coefficient (Wildman–Crippen LogP) is 2.89. The number of quaternary nitrogens is 1. The van der Waals surface area contributed by atoms with E-state index in [1.807, 2.05) is 12.1 Å². The number of benzene rings is 1. The standard InChI is InChI=1S/C20H20FN3OS2/c21-14-5-1-2-6-16(14)27-20-18-13-4-3-7-15(13)26-19(18)22-17(23-20)12-24-8-10-25-11-9-24/h1-2,5-6H,3-4,7-12H2/p+1. The molecule has 3 heterocycles. The minimum Gasteiger partial charge on any atom is -0.370 e. The molecule has 1 aromatic carbocycles. The molecule has 27 heavy (non-hydrogen) atoms. The van der Waals surface area contributed by atoms with Crippen molar-refractivity contribution >= 4 is 33.3 Å². The molecule has 7 heteroatoms. The fraction of sp³-hybridized carbons (Fsp3) is 0.400. The number of aromatic nitrogens is 2. The van der Waals surface area contributed by atoms with Gasteiger partial charge in [-0.05, 0) is 37.0 Å². The highest BCUT2D eigenvalue weighted by molar-refractivity contribution is 7.99. The van der Waals surface area contributed by atoms with Gasteiger partial charge in [-0.1, -0.05) is 23.9 Å². The zero-order valence-electron chi connectivity index (χ0n) is 15.0. The second kappa shape index (κ2) is 7.47. The lowest BCUT2D eigenvalue weighted by Crippen LogP contribution is -3.12. The molecule has 2 aliphatic rings. The Morgan fingerprint density at radius 1 is 1.15 bits per heavy atom. The molecular formula is C20H21FN3OS2+. The lowest BCUT2D eigenvalue weighted by Gasteiger charge is -2.23. The average Bonchev–Trinajstić information content (AvgIpc) is 3.25. The summed E-state index contributed by atoms with van der Waals surface area (Å²) < 4.78 is 19.7. The van der Waals surface area contributed by atoms with E-state index in [9.17, 15) is 4.39 Å². The van der Waals surface area contributed by atoms with Gasteiger partial charge in [0.15, 0.2) is 5.82 Å². The number of nitrogens with one attached hydrogen (secondary N) is 1. The van der Waals surface area contributed by atoms with Gasteiger partial charge in [-0.15, -0.1) is 11.3 Å². The normalized spacial score (nSPS) is 17.5. The van der Waals surface area contributed by atoms with Gasteiger partial charge in [0.1, 0.15) is 35.3 Å². The first-order valence-corrected chi connectivity index (χ1v) is 11.1. The molecule has 0 unspecified atom stereocenters. The first-order valence-electron chi connectivity index (χ1n) is 9.43. The number of hydrogen-bond donors (Lipinski definition) is 1. The van der Waals surface area contributed by atoms with Crippen molar-refractivity contribution in [2.45, 2.75) is 35.7 Å². The molecule has 0 atom stereocenters. The maximum Gasteiger partial charge on any atom is 0.186 e. The molecule has 5 rings (SSSR count). The highest BCUT2D eigenvalue weighted by Gasteiger charge is 2.24. The predicted molar refractivity (Wildman–Crippen MR) is 105 cm³/mol. The van der Waals surface area contributed by atoms with Crippen LogP contribution in [0.1, 0.15) is 22.7 Å². The molecule has 0 amide bonds. The zero-order chi connectivity index (χ0) is 18.2. The number of thiophene rings is 1. The van der Waals surface area contributed by atoms with Crippen LogP contribution in [0.2, 0.25) is 0 Å². The van der Waals surface area contributed by atoms with Crippen molar-refractivity contribution in [3.63, 3.8) is 0 Å². The summed E-state index contributed by atoms with van der Waals surface area (Å²) in [5.74, 6) is 0.666. The number of morpholine rings is 1. The summed E-state index contributed by atoms with van der Waals surface area (Å²) in [6, 6.07) is 6.94. The van der Waals surface area contributed by atoms with Crippen LogP contribution in [0.15, 0.2) is 34.2 Å². The van der Waals surface area contributed by atoms with Crippen LogP contribution in [-0.4, -0.2) is 36.3 Å². The van der Waals surface area contributed by atoms with Gasteiger partial charge in [-0.3, -0.25) is 0 Å². The maximum atomic E-state index is 14.3. The molecule has 3 aromatic rings. The summed E-state index contributed by atoms with van der Waals surface area (Å²) in [5, 5.41) is 2.06. The van der Waals surface area contributed by atoms with Crippen molar-refractivity contribution in [2.75, 3.05) is 26.3 Å². The van der Waals surface area contributed by atoms with E-state index >= 15 is 0 Å². The first kappa shape index (κ1) is 17.6. The van der Waals surface area contributed by atoms with Crippen LogP contribution in [0, 0.1) is 5.82 Å². The fourth-order valence-electron chi connectivity index (χ4n) is 3.85. The van der Waals surface area contributed by atoms with Crippen LogP contribution in [0.3, 0.4) is 0 Å². The Hall–Kier alpha value is -1.54. The molecule has 2 aromatic heterocycles. The molecule has 1 aliphatic heterocycles. The summed E-state index contributed by atoms with van der Waals surface area (Å²) in [6.07, 6.45) is 3.41. The van der Waals surface area contributed by atoms with Gasteiger partial charge in [-0.25, -0.2) is 14.4 Å². The van der Waals surface area contributed by atoms with Crippen molar-refractivity contribution in [1.82, 2.24) is 9.97 Å². The Kier molecular flexibility index (Phi) is 4.85. The second-order valence-corrected chi connectivity index (χ2v) is 9.17. The van der Waals surface area contributed by atoms with Gasteiger partial charge in [0.2, 0.25) is 0 Å². The first-order chi connectivity index (χ1) is 13.3. The summed E-state index contributed by atoms with van der Waals surface area (Å²) in [6.45, 7) is 4.35. The lowest BCUT2D eigenvalue weighted by atomic mass is 10.2. The molecular weight excluding hydrogens is 381 g/mol. The third kappa shape index (κ3) is 3.49. The second-order valence-electron chi connectivity index (χ2n) is 7.05. The largest absolute Gasteiger partial charge is 0.370 e. The molecule has 0 radical (unpaired) electrons. The quantitative estimate of drug-likeness (QED) is 0.682. The van der Waals surface area contributed by atoms with E-state index in [0.717, 1.165) is 66.8 Å². The Morgan fingerprint density at radius 3 is 2.85 bits per heavy atom. The summed E-state index contributed by atoms with van der Waals surface area (Å²) >= 11 is 3.24. The number of rotatable bonds is 4. The maximum absolute atomic E-state index is 14.3. The number of fused-ring (bicyclic) bond motifs is 3. The highest BCUT2D eigenvalue weighted by Crippen LogP contribution is 2.42. The lowest BCUT2D eigenvalue weighted by molar-refractivity contribution is -0.922. The van der Waals surface area contributed by atoms with Crippen LogP contribution in [-0.2, 0) is 24.1 Å². The van der Waals surface area contributed by atoms with E-state index in [4.69, 9.17) is 14.7 Å². The molecule has 1 saturated heterocycles.